The third-order valence-electron chi connectivity index (χ3n) is 3.35. The van der Waals surface area contributed by atoms with Crippen LogP contribution in [0.4, 0.5) is 0 Å². The summed E-state index contributed by atoms with van der Waals surface area (Å²) in [5.41, 5.74) is 1.32. The van der Waals surface area contributed by atoms with Crippen LogP contribution in [0.1, 0.15) is 18.9 Å². The Morgan fingerprint density at radius 3 is 3.19 bits per heavy atom. The first kappa shape index (κ1) is 11.6. The summed E-state index contributed by atoms with van der Waals surface area (Å²) < 4.78 is 7.53. The quantitative estimate of drug-likeness (QED) is 0.830. The predicted octanol–water partition coefficient (Wildman–Crippen LogP) is 1.07. The van der Waals surface area contributed by atoms with Crippen LogP contribution in [-0.4, -0.2) is 36.1 Å². The number of rotatable bonds is 4. The number of nitrogens with zero attached hydrogens (tertiary/aromatic N) is 2. The second kappa shape index (κ2) is 5.46. The Balaban J connectivity index is 1.96. The molecular weight excluding hydrogens is 202 g/mol. The lowest BCUT2D eigenvalue weighted by molar-refractivity contribution is 0.0342. The van der Waals surface area contributed by atoms with Crippen LogP contribution in [0.25, 0.3) is 0 Å². The Kier molecular flexibility index (Phi) is 3.96. The lowest BCUT2D eigenvalue weighted by Gasteiger charge is -2.31. The van der Waals surface area contributed by atoms with Crippen LogP contribution in [0.2, 0.25) is 0 Å². The molecule has 1 aliphatic rings. The summed E-state index contributed by atoms with van der Waals surface area (Å²) in [5.74, 6) is 0.577. The maximum Gasteiger partial charge on any atom is 0.0521 e. The highest BCUT2D eigenvalue weighted by Gasteiger charge is 2.24. The fourth-order valence-corrected chi connectivity index (χ4v) is 2.37. The van der Waals surface area contributed by atoms with Crippen molar-refractivity contribution in [2.75, 3.05) is 20.3 Å². The van der Waals surface area contributed by atoms with Crippen molar-refractivity contribution in [3.05, 3.63) is 18.0 Å². The molecule has 1 aromatic rings. The highest BCUT2D eigenvalue weighted by Crippen LogP contribution is 2.19. The molecule has 1 fully saturated rings. The van der Waals surface area contributed by atoms with Crippen LogP contribution in [0.15, 0.2) is 12.4 Å². The fourth-order valence-electron chi connectivity index (χ4n) is 2.37. The highest BCUT2D eigenvalue weighted by atomic mass is 16.5. The Morgan fingerprint density at radius 1 is 1.62 bits per heavy atom. The molecule has 4 nitrogen and oxygen atoms in total. The van der Waals surface area contributed by atoms with Gasteiger partial charge in [-0.05, 0) is 32.4 Å². The van der Waals surface area contributed by atoms with E-state index < -0.39 is 0 Å². The normalized spacial score (nSPS) is 25.9. The molecule has 2 heterocycles. The van der Waals surface area contributed by atoms with E-state index in [9.17, 15) is 0 Å². The van der Waals surface area contributed by atoms with Crippen molar-refractivity contribution in [1.82, 2.24) is 15.1 Å². The number of hydrogen-bond donors (Lipinski definition) is 1. The van der Waals surface area contributed by atoms with E-state index in [0.29, 0.717) is 12.0 Å². The summed E-state index contributed by atoms with van der Waals surface area (Å²) >= 11 is 0. The molecular formula is C12H21N3O. The monoisotopic (exact) mass is 223 g/mol. The minimum atomic E-state index is 0.577. The van der Waals surface area contributed by atoms with Crippen LogP contribution in [0, 0.1) is 5.92 Å². The van der Waals surface area contributed by atoms with Gasteiger partial charge in [0.1, 0.15) is 0 Å². The van der Waals surface area contributed by atoms with E-state index in [2.05, 4.69) is 23.5 Å². The molecule has 0 bridgehead atoms. The maximum absolute atomic E-state index is 5.55. The first-order valence-corrected chi connectivity index (χ1v) is 6.09. The summed E-state index contributed by atoms with van der Waals surface area (Å²) in [7, 11) is 2.04. The molecule has 1 N–H and O–H groups in total. The summed E-state index contributed by atoms with van der Waals surface area (Å²) in [6.07, 6.45) is 6.29. The van der Waals surface area contributed by atoms with E-state index in [1.807, 2.05) is 17.9 Å². The van der Waals surface area contributed by atoms with Gasteiger partial charge in [0.25, 0.3) is 0 Å². The van der Waals surface area contributed by atoms with Crippen molar-refractivity contribution in [3.8, 4) is 0 Å². The van der Waals surface area contributed by atoms with Crippen LogP contribution in [-0.2, 0) is 17.7 Å². The molecule has 2 unspecified atom stereocenters. The molecule has 0 saturated carbocycles. The molecule has 16 heavy (non-hydrogen) atoms. The minimum Gasteiger partial charge on any atom is -0.381 e. The zero-order chi connectivity index (χ0) is 11.4. The van der Waals surface area contributed by atoms with Gasteiger partial charge in [0.2, 0.25) is 0 Å². The van der Waals surface area contributed by atoms with Gasteiger partial charge in [-0.15, -0.1) is 0 Å². The summed E-state index contributed by atoms with van der Waals surface area (Å²) in [5, 5.41) is 7.69. The van der Waals surface area contributed by atoms with Gasteiger partial charge in [-0.3, -0.25) is 4.68 Å². The zero-order valence-electron chi connectivity index (χ0n) is 10.1. The highest BCUT2D eigenvalue weighted by molar-refractivity contribution is 5.06. The molecule has 0 radical (unpaired) electrons. The van der Waals surface area contributed by atoms with Gasteiger partial charge in [0, 0.05) is 31.3 Å². The Bertz CT molecular complexity index is 324. The van der Waals surface area contributed by atoms with E-state index in [4.69, 9.17) is 4.74 Å². The standard InChI is InChI=1S/C12H21N3O/c1-3-15-8-10(7-14-15)6-11-9-16-5-4-12(11)13-2/h7-8,11-13H,3-6,9H2,1-2H3. The summed E-state index contributed by atoms with van der Waals surface area (Å²) in [6, 6.07) is 0.582. The summed E-state index contributed by atoms with van der Waals surface area (Å²) in [4.78, 5) is 0. The van der Waals surface area contributed by atoms with Crippen molar-refractivity contribution in [3.63, 3.8) is 0 Å². The van der Waals surface area contributed by atoms with Gasteiger partial charge >= 0.3 is 0 Å². The summed E-state index contributed by atoms with van der Waals surface area (Å²) in [6.45, 7) is 4.80. The molecule has 1 saturated heterocycles. The van der Waals surface area contributed by atoms with Crippen LogP contribution >= 0.6 is 0 Å². The van der Waals surface area contributed by atoms with E-state index in [0.717, 1.165) is 32.6 Å². The third-order valence-corrected chi connectivity index (χ3v) is 3.35. The largest absolute Gasteiger partial charge is 0.381 e. The van der Waals surface area contributed by atoms with Gasteiger partial charge in [0.15, 0.2) is 0 Å². The van der Waals surface area contributed by atoms with Crippen LogP contribution in [0.5, 0.6) is 0 Å². The lowest BCUT2D eigenvalue weighted by atomic mass is 9.90. The van der Waals surface area contributed by atoms with Gasteiger partial charge < -0.3 is 10.1 Å². The number of ether oxygens (including phenoxy) is 1. The number of nitrogens with one attached hydrogen (secondary N) is 1. The first-order chi connectivity index (χ1) is 7.83. The lowest BCUT2D eigenvalue weighted by Crippen LogP contribution is -2.41. The average molecular weight is 223 g/mol. The SMILES string of the molecule is CCn1cc(CC2COCCC2NC)cn1. The smallest absolute Gasteiger partial charge is 0.0521 e. The van der Waals surface area contributed by atoms with E-state index >= 15 is 0 Å². The Labute approximate surface area is 97.0 Å². The van der Waals surface area contributed by atoms with E-state index in [-0.39, 0.29) is 0 Å². The second-order valence-corrected chi connectivity index (χ2v) is 4.43. The molecule has 2 atom stereocenters. The van der Waals surface area contributed by atoms with E-state index in [1.54, 1.807) is 0 Å². The number of hydrogen-bond acceptors (Lipinski definition) is 3. The minimum absolute atomic E-state index is 0.577. The molecule has 0 spiro atoms. The first-order valence-electron chi connectivity index (χ1n) is 6.09. The Morgan fingerprint density at radius 2 is 2.50 bits per heavy atom. The number of aromatic nitrogens is 2. The van der Waals surface area contributed by atoms with Crippen molar-refractivity contribution >= 4 is 0 Å². The van der Waals surface area contributed by atoms with E-state index in [1.165, 1.54) is 5.56 Å². The predicted molar refractivity (Wildman–Crippen MR) is 63.4 cm³/mol. The van der Waals surface area contributed by atoms with Gasteiger partial charge in [-0.1, -0.05) is 0 Å². The molecule has 0 aromatic carbocycles. The molecule has 1 aliphatic heterocycles. The van der Waals surface area contributed by atoms with Crippen molar-refractivity contribution < 1.29 is 4.74 Å². The molecule has 0 aliphatic carbocycles. The van der Waals surface area contributed by atoms with Crippen LogP contribution in [0.3, 0.4) is 0 Å². The second-order valence-electron chi connectivity index (χ2n) is 4.43. The van der Waals surface area contributed by atoms with Crippen molar-refractivity contribution in [1.29, 1.82) is 0 Å². The Hall–Kier alpha value is -0.870. The van der Waals surface area contributed by atoms with Crippen molar-refractivity contribution in [2.24, 2.45) is 5.92 Å². The topological polar surface area (TPSA) is 39.1 Å². The molecule has 2 rings (SSSR count). The van der Waals surface area contributed by atoms with Crippen LogP contribution < -0.4 is 5.32 Å². The maximum atomic E-state index is 5.55. The van der Waals surface area contributed by atoms with Gasteiger partial charge in [-0.2, -0.15) is 5.10 Å². The number of aryl methyl sites for hydroxylation is 1. The zero-order valence-corrected chi connectivity index (χ0v) is 10.1. The van der Waals surface area contributed by atoms with Crippen molar-refractivity contribution in [2.45, 2.75) is 32.4 Å². The third kappa shape index (κ3) is 2.62. The molecule has 1 aromatic heterocycles. The molecule has 90 valence electrons. The van der Waals surface area contributed by atoms with Gasteiger partial charge in [-0.25, -0.2) is 0 Å². The average Bonchev–Trinajstić information content (AvgIpc) is 2.77. The van der Waals surface area contributed by atoms with Gasteiger partial charge in [0.05, 0.1) is 12.8 Å². The molecule has 0 amide bonds. The molecule has 4 heteroatoms. The fraction of sp³-hybridized carbons (Fsp3) is 0.750.